The fourth-order valence-corrected chi connectivity index (χ4v) is 2.17. The second-order valence-corrected chi connectivity index (χ2v) is 5.45. The fourth-order valence-electron chi connectivity index (χ4n) is 2.17. The molecular formula is C14H18F3N3O. The minimum atomic E-state index is -4.31. The Balaban J connectivity index is 2.35. The van der Waals surface area contributed by atoms with Crippen molar-refractivity contribution in [3.05, 3.63) is 23.8 Å². The highest BCUT2D eigenvalue weighted by Crippen LogP contribution is 2.37. The molecule has 1 aliphatic rings. The van der Waals surface area contributed by atoms with Crippen molar-refractivity contribution in [2.45, 2.75) is 25.1 Å². The highest BCUT2D eigenvalue weighted by Gasteiger charge is 2.39. The molecule has 1 aliphatic carbocycles. The van der Waals surface area contributed by atoms with Crippen molar-refractivity contribution in [2.24, 2.45) is 0 Å². The van der Waals surface area contributed by atoms with Crippen molar-refractivity contribution in [3.63, 3.8) is 0 Å². The Kier molecular flexibility index (Phi) is 4.02. The van der Waals surface area contributed by atoms with Crippen LogP contribution in [-0.4, -0.2) is 43.7 Å². The molecule has 0 aromatic heterocycles. The summed E-state index contributed by atoms with van der Waals surface area (Å²) >= 11 is 0. The lowest BCUT2D eigenvalue weighted by molar-refractivity contribution is -0.119. The lowest BCUT2D eigenvalue weighted by Crippen LogP contribution is -2.36. The van der Waals surface area contributed by atoms with Gasteiger partial charge in [-0.15, -0.1) is 0 Å². The van der Waals surface area contributed by atoms with Crippen molar-refractivity contribution in [1.82, 2.24) is 4.90 Å². The quantitative estimate of drug-likeness (QED) is 0.869. The van der Waals surface area contributed by atoms with E-state index in [4.69, 9.17) is 5.73 Å². The summed E-state index contributed by atoms with van der Waals surface area (Å²) in [7, 11) is 3.18. The van der Waals surface area contributed by atoms with Gasteiger partial charge >= 0.3 is 6.18 Å². The molecule has 1 saturated carbocycles. The van der Waals surface area contributed by atoms with Gasteiger partial charge in [-0.05, 0) is 31.0 Å². The van der Waals surface area contributed by atoms with Crippen LogP contribution in [0.15, 0.2) is 18.2 Å². The van der Waals surface area contributed by atoms with Crippen LogP contribution < -0.4 is 10.6 Å². The Hall–Kier alpha value is -1.92. The van der Waals surface area contributed by atoms with E-state index in [1.807, 2.05) is 0 Å². The second kappa shape index (κ2) is 5.46. The van der Waals surface area contributed by atoms with Gasteiger partial charge in [-0.2, -0.15) is 13.2 Å². The zero-order valence-electron chi connectivity index (χ0n) is 11.9. The fraction of sp³-hybridized carbons (Fsp3) is 0.500. The molecule has 0 radical (unpaired) electrons. The van der Waals surface area contributed by atoms with Crippen LogP contribution in [0.5, 0.6) is 0 Å². The Labute approximate surface area is 121 Å². The summed E-state index contributed by atoms with van der Waals surface area (Å²) in [6.45, 7) is -1.05. The standard InChI is InChI=1S/C14H18F3N3O/c1-19(2)13(21)9-3-6-11(18)12(7-9)20(10-4-5-10)8-14(15,16)17/h3,6-7,10H,4-5,8,18H2,1-2H3. The van der Waals surface area contributed by atoms with Crippen LogP contribution in [0.4, 0.5) is 24.5 Å². The molecule has 0 bridgehead atoms. The summed E-state index contributed by atoms with van der Waals surface area (Å²) in [5.74, 6) is -0.265. The SMILES string of the molecule is CN(C)C(=O)c1ccc(N)c(N(CC(F)(F)F)C2CC2)c1. The molecule has 7 heteroatoms. The number of halogens is 3. The number of rotatable bonds is 4. The van der Waals surface area contributed by atoms with Crippen molar-refractivity contribution in [2.75, 3.05) is 31.3 Å². The van der Waals surface area contributed by atoms with E-state index in [1.54, 1.807) is 14.1 Å². The number of nitrogens with zero attached hydrogens (tertiary/aromatic N) is 2. The molecule has 2 N–H and O–H groups in total. The maximum absolute atomic E-state index is 12.7. The summed E-state index contributed by atoms with van der Waals surface area (Å²) in [5, 5.41) is 0. The number of carbonyl (C=O) groups is 1. The highest BCUT2D eigenvalue weighted by molar-refractivity contribution is 5.96. The van der Waals surface area contributed by atoms with Crippen molar-refractivity contribution in [1.29, 1.82) is 0 Å². The summed E-state index contributed by atoms with van der Waals surface area (Å²) in [6, 6.07) is 4.30. The first-order valence-corrected chi connectivity index (χ1v) is 6.63. The van der Waals surface area contributed by atoms with Gasteiger partial charge < -0.3 is 15.5 Å². The molecule has 0 spiro atoms. The number of anilines is 2. The van der Waals surface area contributed by atoms with Crippen LogP contribution in [0.1, 0.15) is 23.2 Å². The monoisotopic (exact) mass is 301 g/mol. The summed E-state index contributed by atoms with van der Waals surface area (Å²) in [6.07, 6.45) is -2.89. The van der Waals surface area contributed by atoms with E-state index in [-0.39, 0.29) is 23.3 Å². The Morgan fingerprint density at radius 2 is 1.95 bits per heavy atom. The van der Waals surface area contributed by atoms with Gasteiger partial charge in [0.15, 0.2) is 0 Å². The predicted molar refractivity (Wildman–Crippen MR) is 75.3 cm³/mol. The third-order valence-corrected chi connectivity index (χ3v) is 3.33. The van der Waals surface area contributed by atoms with E-state index < -0.39 is 12.7 Å². The Bertz CT molecular complexity index is 539. The summed E-state index contributed by atoms with van der Waals surface area (Å²) in [4.78, 5) is 14.6. The minimum Gasteiger partial charge on any atom is -0.397 e. The molecule has 1 fully saturated rings. The van der Waals surface area contributed by atoms with E-state index in [0.717, 1.165) is 0 Å². The molecule has 0 saturated heterocycles. The van der Waals surface area contributed by atoms with Crippen molar-refractivity contribution >= 4 is 17.3 Å². The van der Waals surface area contributed by atoms with Crippen LogP contribution in [-0.2, 0) is 0 Å². The van der Waals surface area contributed by atoms with Crippen LogP contribution >= 0.6 is 0 Å². The van der Waals surface area contributed by atoms with Gasteiger partial charge in [0.25, 0.3) is 5.91 Å². The number of hydrogen-bond acceptors (Lipinski definition) is 3. The molecule has 1 aromatic carbocycles. The average Bonchev–Trinajstić information content (AvgIpc) is 3.19. The maximum Gasteiger partial charge on any atom is 0.405 e. The normalized spacial score (nSPS) is 14.9. The number of benzene rings is 1. The zero-order valence-corrected chi connectivity index (χ0v) is 11.9. The van der Waals surface area contributed by atoms with E-state index in [2.05, 4.69) is 0 Å². The Morgan fingerprint density at radius 1 is 1.33 bits per heavy atom. The minimum absolute atomic E-state index is 0.154. The molecule has 21 heavy (non-hydrogen) atoms. The van der Waals surface area contributed by atoms with Gasteiger partial charge in [0.2, 0.25) is 0 Å². The van der Waals surface area contributed by atoms with Gasteiger partial charge in [0, 0.05) is 25.7 Å². The van der Waals surface area contributed by atoms with Gasteiger partial charge in [-0.3, -0.25) is 4.79 Å². The number of amides is 1. The molecule has 1 amide bonds. The first-order chi connectivity index (χ1) is 9.69. The molecular weight excluding hydrogens is 283 g/mol. The number of hydrogen-bond donors (Lipinski definition) is 1. The first kappa shape index (κ1) is 15.5. The third-order valence-electron chi connectivity index (χ3n) is 3.33. The molecule has 0 aliphatic heterocycles. The van der Waals surface area contributed by atoms with E-state index in [9.17, 15) is 18.0 Å². The number of nitrogen functional groups attached to an aromatic ring is 1. The first-order valence-electron chi connectivity index (χ1n) is 6.63. The average molecular weight is 301 g/mol. The van der Waals surface area contributed by atoms with Crippen LogP contribution in [0, 0.1) is 0 Å². The van der Waals surface area contributed by atoms with Crippen molar-refractivity contribution in [3.8, 4) is 0 Å². The summed E-state index contributed by atoms with van der Waals surface area (Å²) < 4.78 is 38.2. The van der Waals surface area contributed by atoms with Crippen LogP contribution in [0.2, 0.25) is 0 Å². The van der Waals surface area contributed by atoms with Gasteiger partial charge in [0.1, 0.15) is 6.54 Å². The molecule has 0 unspecified atom stereocenters. The van der Waals surface area contributed by atoms with Crippen LogP contribution in [0.3, 0.4) is 0 Å². The molecule has 116 valence electrons. The van der Waals surface area contributed by atoms with Crippen LogP contribution in [0.25, 0.3) is 0 Å². The predicted octanol–water partition coefficient (Wildman–Crippen LogP) is 2.50. The second-order valence-electron chi connectivity index (χ2n) is 5.45. The van der Waals surface area contributed by atoms with Crippen molar-refractivity contribution < 1.29 is 18.0 Å². The lowest BCUT2D eigenvalue weighted by Gasteiger charge is -2.27. The van der Waals surface area contributed by atoms with Gasteiger partial charge in [-0.1, -0.05) is 0 Å². The topological polar surface area (TPSA) is 49.6 Å². The molecule has 0 heterocycles. The summed E-state index contributed by atoms with van der Waals surface area (Å²) in [5.41, 5.74) is 6.68. The van der Waals surface area contributed by atoms with Gasteiger partial charge in [0.05, 0.1) is 11.4 Å². The zero-order chi connectivity index (χ0) is 15.8. The third kappa shape index (κ3) is 3.80. The Morgan fingerprint density at radius 3 is 2.43 bits per heavy atom. The molecule has 1 aromatic rings. The van der Waals surface area contributed by atoms with E-state index >= 15 is 0 Å². The lowest BCUT2D eigenvalue weighted by atomic mass is 10.1. The molecule has 0 atom stereocenters. The number of carbonyl (C=O) groups excluding carboxylic acids is 1. The largest absolute Gasteiger partial charge is 0.405 e. The van der Waals surface area contributed by atoms with Gasteiger partial charge in [-0.25, -0.2) is 0 Å². The number of alkyl halides is 3. The highest BCUT2D eigenvalue weighted by atomic mass is 19.4. The van der Waals surface area contributed by atoms with E-state index in [0.29, 0.717) is 18.4 Å². The van der Waals surface area contributed by atoms with E-state index in [1.165, 1.54) is 28.0 Å². The number of nitrogens with two attached hydrogens (primary N) is 1. The molecule has 4 nitrogen and oxygen atoms in total. The molecule has 2 rings (SSSR count). The maximum atomic E-state index is 12.7. The smallest absolute Gasteiger partial charge is 0.397 e.